The van der Waals surface area contributed by atoms with E-state index < -0.39 is 22.8 Å². The van der Waals surface area contributed by atoms with Gasteiger partial charge in [0.1, 0.15) is 74.4 Å². The summed E-state index contributed by atoms with van der Waals surface area (Å²) in [5.74, 6) is 0.953. The molecule has 0 bridgehead atoms. The highest BCUT2D eigenvalue weighted by molar-refractivity contribution is 5.85. The van der Waals surface area contributed by atoms with E-state index >= 15 is 0 Å². The molecular weight excluding hydrogens is 1640 g/mol. The number of phenolic OH excluding ortho intramolecular Hbond substituents is 12. The SMILES string of the molecule is CC(C(=O)O)(c1ccc(O)cc1)c1ccc(O)cc1.CC(CCC(=O)O)(c1ccc(O)cc1)c1ccc(O)cc1.CC(c1ccccc1)(c1ccc(O)cc1)c1ccc(O)cc1.CCCCCCC(C)(c1ccc(O)cc1)c1ccc(O)cc1.CCCCCCCC(C)(c1ccc(O)cc1)c1ccc(O)cc1.CCCCCCCCC(C)(c1ccc(O)cc1)c1ccc(O)cc1. The van der Waals surface area contributed by atoms with E-state index in [0.29, 0.717) is 52.0 Å². The van der Waals surface area contributed by atoms with Gasteiger partial charge in [-0.3, -0.25) is 9.59 Å². The van der Waals surface area contributed by atoms with Crippen LogP contribution in [0.2, 0.25) is 0 Å². The molecule has 0 atom stereocenters. The molecular formula is C115H134O16. The maximum absolute atomic E-state index is 11.7. The van der Waals surface area contributed by atoms with Crippen LogP contribution < -0.4 is 0 Å². The minimum absolute atomic E-state index is 0.0399. The van der Waals surface area contributed by atoms with Gasteiger partial charge in [0.2, 0.25) is 0 Å². The van der Waals surface area contributed by atoms with E-state index in [9.17, 15) is 76.0 Å². The Kier molecular flexibility index (Phi) is 39.1. The summed E-state index contributed by atoms with van der Waals surface area (Å²) in [5, 5.41) is 132. The zero-order valence-electron chi connectivity index (χ0n) is 77.3. The molecule has 13 rings (SSSR count). The van der Waals surface area contributed by atoms with Crippen molar-refractivity contribution in [1.29, 1.82) is 0 Å². The van der Waals surface area contributed by atoms with Crippen molar-refractivity contribution < 1.29 is 81.1 Å². The molecule has 0 amide bonds. The largest absolute Gasteiger partial charge is 0.508 e. The molecule has 0 unspecified atom stereocenters. The van der Waals surface area contributed by atoms with Gasteiger partial charge in [0, 0.05) is 33.5 Å². The van der Waals surface area contributed by atoms with Crippen LogP contribution >= 0.6 is 0 Å². The number of aromatic hydroxyl groups is 12. The smallest absolute Gasteiger partial charge is 0.318 e. The first-order valence-electron chi connectivity index (χ1n) is 45.7. The third-order valence-electron chi connectivity index (χ3n) is 25.8. The molecule has 0 saturated heterocycles. The Morgan fingerprint density at radius 3 is 0.550 bits per heavy atom. The van der Waals surface area contributed by atoms with Crippen molar-refractivity contribution >= 4 is 11.9 Å². The Morgan fingerprint density at radius 2 is 0.359 bits per heavy atom. The van der Waals surface area contributed by atoms with E-state index in [4.69, 9.17) is 5.11 Å². The van der Waals surface area contributed by atoms with Crippen LogP contribution in [-0.2, 0) is 42.1 Å². The van der Waals surface area contributed by atoms with E-state index in [1.807, 2.05) is 122 Å². The van der Waals surface area contributed by atoms with E-state index in [2.05, 4.69) is 60.6 Å². The zero-order chi connectivity index (χ0) is 95.2. The summed E-state index contributed by atoms with van der Waals surface area (Å²) in [7, 11) is 0. The second-order valence-electron chi connectivity index (χ2n) is 35.2. The van der Waals surface area contributed by atoms with Crippen LogP contribution in [0.4, 0.5) is 0 Å². The molecule has 13 aromatic rings. The number of hydrogen-bond donors (Lipinski definition) is 14. The maximum Gasteiger partial charge on any atom is 0.318 e. The molecule has 690 valence electrons. The van der Waals surface area contributed by atoms with Crippen molar-refractivity contribution in [3.8, 4) is 69.0 Å². The fourth-order valence-electron chi connectivity index (χ4n) is 16.9. The van der Waals surface area contributed by atoms with Crippen LogP contribution in [0.5, 0.6) is 69.0 Å². The average molecular weight is 1770 g/mol. The molecule has 0 saturated carbocycles. The van der Waals surface area contributed by atoms with E-state index in [1.54, 1.807) is 177 Å². The lowest BCUT2D eigenvalue weighted by atomic mass is 9.71. The first-order valence-corrected chi connectivity index (χ1v) is 45.7. The van der Waals surface area contributed by atoms with Crippen LogP contribution in [0.15, 0.2) is 322 Å². The van der Waals surface area contributed by atoms with Gasteiger partial charge in [0.05, 0.1) is 0 Å². The molecule has 0 aliphatic rings. The zero-order valence-corrected chi connectivity index (χ0v) is 77.3. The van der Waals surface area contributed by atoms with Gasteiger partial charge in [0.15, 0.2) is 0 Å². The van der Waals surface area contributed by atoms with Crippen LogP contribution in [0, 0.1) is 0 Å². The minimum Gasteiger partial charge on any atom is -0.508 e. The predicted molar refractivity (Wildman–Crippen MR) is 526 cm³/mol. The van der Waals surface area contributed by atoms with E-state index in [-0.39, 0.29) is 62.6 Å². The van der Waals surface area contributed by atoms with Gasteiger partial charge >= 0.3 is 11.9 Å². The summed E-state index contributed by atoms with van der Waals surface area (Å²) in [4.78, 5) is 22.6. The molecule has 0 aliphatic heterocycles. The van der Waals surface area contributed by atoms with Crippen molar-refractivity contribution in [3.05, 3.63) is 394 Å². The predicted octanol–water partition coefficient (Wildman–Crippen LogP) is 27.5. The van der Waals surface area contributed by atoms with Crippen LogP contribution in [0.3, 0.4) is 0 Å². The Hall–Kier alpha value is -13.6. The Bertz CT molecular complexity index is 5220. The minimum atomic E-state index is -1.23. The van der Waals surface area contributed by atoms with Gasteiger partial charge in [-0.15, -0.1) is 0 Å². The van der Waals surface area contributed by atoms with Gasteiger partial charge in [-0.25, -0.2) is 0 Å². The second kappa shape index (κ2) is 49.8. The van der Waals surface area contributed by atoms with Gasteiger partial charge in [-0.05, 0) is 257 Å². The number of carboxylic acid groups (broad SMARTS) is 2. The third kappa shape index (κ3) is 29.2. The first kappa shape index (κ1) is 103. The highest BCUT2D eigenvalue weighted by Crippen LogP contribution is 2.45. The summed E-state index contributed by atoms with van der Waals surface area (Å²) in [6.45, 7) is 19.2. The summed E-state index contributed by atoms with van der Waals surface area (Å²) in [6, 6.07) is 95.7. The molecule has 0 aromatic heterocycles. The highest BCUT2D eigenvalue weighted by Gasteiger charge is 2.38. The van der Waals surface area contributed by atoms with Gasteiger partial charge < -0.3 is 71.5 Å². The van der Waals surface area contributed by atoms with Crippen molar-refractivity contribution in [2.24, 2.45) is 0 Å². The molecule has 16 heteroatoms. The second-order valence-corrected chi connectivity index (χ2v) is 35.2. The number of phenols is 12. The standard InChI is InChI=1S/C22H30O2.C21H28O2.C20H18O2.C20H26O2.C17H18O4.C15H14O4/c1-3-4-5-6-7-8-17-22(2,18-9-13-20(23)14-10-18)19-11-15-21(24)16-12-19;1-3-4-5-6-7-16-21(2,17-8-12-19(22)13-9-17)18-10-14-20(23)15-11-18;1-20(15-5-3-2-4-6-15,16-7-11-18(21)12-8-16)17-9-13-19(22)14-10-17;1-3-4-5-6-15-20(2,16-7-11-18(21)12-8-16)17-9-13-19(22)14-10-17;1-17(11-10-16(20)21,12-2-6-14(18)7-3-12)13-4-8-15(19)9-5-13;1-15(14(18)19,10-2-6-12(16)7-3-10)11-4-8-13(17)9-5-11/h9-16,23-24H,3-8,17H2,1-2H3;8-15,22-23H,3-7,16H2,1-2H3;2-14,21-22H,1H3;7-14,21-22H,3-6,15H2,1-2H3;2-9,18-19H,10-11H2,1H3,(H,20,21);2-9,16-17H,1H3,(H,18,19). The molecule has 13 aromatic carbocycles. The molecule has 0 fully saturated rings. The lowest BCUT2D eigenvalue weighted by Gasteiger charge is -2.32. The average Bonchev–Trinajstić information content (AvgIpc) is 0.763. The van der Waals surface area contributed by atoms with Gasteiger partial charge in [-0.2, -0.15) is 0 Å². The van der Waals surface area contributed by atoms with Gasteiger partial charge in [-0.1, -0.05) is 321 Å². The topological polar surface area (TPSA) is 317 Å². The lowest BCUT2D eigenvalue weighted by molar-refractivity contribution is -0.141. The number of carboxylic acids is 2. The molecule has 0 radical (unpaired) electrons. The van der Waals surface area contributed by atoms with Crippen molar-refractivity contribution in [3.63, 3.8) is 0 Å². The fraction of sp³-hybridized carbons (Fsp3) is 0.304. The maximum atomic E-state index is 11.7. The van der Waals surface area contributed by atoms with Crippen LogP contribution in [0.25, 0.3) is 0 Å². The summed E-state index contributed by atoms with van der Waals surface area (Å²) in [6.07, 6.45) is 22.5. The number of benzene rings is 13. The molecule has 0 heterocycles. The van der Waals surface area contributed by atoms with Crippen molar-refractivity contribution in [2.75, 3.05) is 0 Å². The fourth-order valence-corrected chi connectivity index (χ4v) is 16.9. The first-order chi connectivity index (χ1) is 62.6. The Balaban J connectivity index is 0.000000194. The third-order valence-corrected chi connectivity index (χ3v) is 25.8. The van der Waals surface area contributed by atoms with Gasteiger partial charge in [0.25, 0.3) is 0 Å². The summed E-state index contributed by atoms with van der Waals surface area (Å²) < 4.78 is 0. The van der Waals surface area contributed by atoms with Crippen molar-refractivity contribution in [1.82, 2.24) is 0 Å². The Morgan fingerprint density at radius 1 is 0.198 bits per heavy atom. The number of carbonyl (C=O) groups is 2. The number of unbranched alkanes of at least 4 members (excludes halogenated alkanes) is 12. The highest BCUT2D eigenvalue weighted by atomic mass is 16.4. The normalized spacial score (nSPS) is 11.4. The monoisotopic (exact) mass is 1770 g/mol. The van der Waals surface area contributed by atoms with E-state index in [0.717, 1.165) is 47.1 Å². The summed E-state index contributed by atoms with van der Waals surface area (Å²) >= 11 is 0. The Labute approximate surface area is 774 Å². The molecule has 0 spiro atoms. The number of hydrogen-bond acceptors (Lipinski definition) is 14. The van der Waals surface area contributed by atoms with Crippen LogP contribution in [0.1, 0.15) is 263 Å². The summed E-state index contributed by atoms with van der Waals surface area (Å²) in [5.41, 5.74) is 11.1. The molecule has 0 aliphatic carbocycles. The van der Waals surface area contributed by atoms with Crippen molar-refractivity contribution in [2.45, 2.75) is 223 Å². The van der Waals surface area contributed by atoms with Crippen LogP contribution in [-0.4, -0.2) is 83.4 Å². The number of rotatable bonds is 35. The molecule has 16 nitrogen and oxygen atoms in total. The quantitative estimate of drug-likeness (QED) is 0.0130. The number of aliphatic carboxylic acids is 2. The molecule has 14 N–H and O–H groups in total. The molecule has 131 heavy (non-hydrogen) atoms. The van der Waals surface area contributed by atoms with E-state index in [1.165, 1.54) is 154 Å². The lowest BCUT2D eigenvalue weighted by Crippen LogP contribution is -2.33.